The second-order valence-electron chi connectivity index (χ2n) is 10.0. The second-order valence-corrected chi connectivity index (χ2v) is 10.0. The van der Waals surface area contributed by atoms with Crippen molar-refractivity contribution in [3.63, 3.8) is 0 Å². The molecule has 0 spiro atoms. The molecule has 3 unspecified atom stereocenters. The minimum atomic E-state index is -0.183. The lowest BCUT2D eigenvalue weighted by Gasteiger charge is -2.32. The fourth-order valence-electron chi connectivity index (χ4n) is 5.90. The molecule has 1 saturated heterocycles. The predicted molar refractivity (Wildman–Crippen MR) is 146 cm³/mol. The second kappa shape index (κ2) is 9.41. The Balaban J connectivity index is 1.32. The van der Waals surface area contributed by atoms with Crippen molar-refractivity contribution in [1.29, 1.82) is 0 Å². The molecule has 2 aromatic carbocycles. The molecular formula is C29H29N7O2. The van der Waals surface area contributed by atoms with Gasteiger partial charge in [-0.25, -0.2) is 14.6 Å². The maximum absolute atomic E-state index is 12.9. The summed E-state index contributed by atoms with van der Waals surface area (Å²) >= 11 is 0. The molecule has 2 bridgehead atoms. The number of amides is 2. The lowest BCUT2D eigenvalue weighted by Crippen LogP contribution is -2.42. The first kappa shape index (κ1) is 23.8. The third-order valence-electron chi connectivity index (χ3n) is 7.75. The summed E-state index contributed by atoms with van der Waals surface area (Å²) in [5, 5.41) is 8.61. The van der Waals surface area contributed by atoms with E-state index in [1.165, 1.54) is 12.4 Å². The number of nitrogens with two attached hydrogens (primary N) is 1. The van der Waals surface area contributed by atoms with E-state index in [1.807, 2.05) is 46.0 Å². The van der Waals surface area contributed by atoms with Crippen LogP contribution < -0.4 is 11.1 Å². The van der Waals surface area contributed by atoms with E-state index in [4.69, 9.17) is 10.8 Å². The fraction of sp³-hybridized carbons (Fsp3) is 0.276. The molecule has 0 radical (unpaired) electrons. The number of nitrogen functional groups attached to an aromatic ring is 1. The molecule has 4 aromatic rings. The fourth-order valence-corrected chi connectivity index (χ4v) is 5.90. The van der Waals surface area contributed by atoms with Crippen molar-refractivity contribution in [2.75, 3.05) is 17.6 Å². The number of nitrogens with zero attached hydrogens (tertiary/aromatic N) is 5. The van der Waals surface area contributed by atoms with Gasteiger partial charge in [0.1, 0.15) is 17.8 Å². The summed E-state index contributed by atoms with van der Waals surface area (Å²) in [5.74, 6) is 0.531. The zero-order chi connectivity index (χ0) is 26.4. The van der Waals surface area contributed by atoms with E-state index in [0.29, 0.717) is 34.0 Å². The molecule has 3 N–H and O–H groups in total. The van der Waals surface area contributed by atoms with Crippen molar-refractivity contribution in [3.8, 4) is 11.3 Å². The molecule has 2 amide bonds. The number of carbonyl (C=O) groups is 2. The van der Waals surface area contributed by atoms with E-state index in [0.717, 1.165) is 42.6 Å². The van der Waals surface area contributed by atoms with Crippen LogP contribution in [0, 0.1) is 5.92 Å². The van der Waals surface area contributed by atoms with Crippen molar-refractivity contribution in [1.82, 2.24) is 24.6 Å². The number of benzene rings is 2. The zero-order valence-electron chi connectivity index (χ0n) is 21.2. The van der Waals surface area contributed by atoms with Gasteiger partial charge in [-0.05, 0) is 61.1 Å². The normalized spacial score (nSPS) is 20.1. The number of piperidine rings is 1. The van der Waals surface area contributed by atoms with Crippen LogP contribution in [0.2, 0.25) is 0 Å². The van der Waals surface area contributed by atoms with Crippen molar-refractivity contribution in [3.05, 3.63) is 78.6 Å². The Kier molecular flexibility index (Phi) is 5.90. The van der Waals surface area contributed by atoms with Gasteiger partial charge in [0.2, 0.25) is 5.91 Å². The Labute approximate surface area is 220 Å². The molecule has 1 aliphatic heterocycles. The molecule has 3 atom stereocenters. The number of likely N-dealkylation sites (tertiary alicyclic amines) is 1. The van der Waals surface area contributed by atoms with Crippen molar-refractivity contribution >= 4 is 34.4 Å². The van der Waals surface area contributed by atoms with Gasteiger partial charge < -0.3 is 16.0 Å². The van der Waals surface area contributed by atoms with E-state index in [-0.39, 0.29) is 23.9 Å². The van der Waals surface area contributed by atoms with Crippen LogP contribution in [-0.4, -0.2) is 49.0 Å². The SMILES string of the molecule is C=CC(=O)N1CC2CC1C(n1nc(-c3ccc(C(=O)Nc4cccc(CC)c4)cc3)c3c(N)ncnc31)C2. The largest absolute Gasteiger partial charge is 0.383 e. The van der Waals surface area contributed by atoms with Crippen molar-refractivity contribution < 1.29 is 9.59 Å². The first-order valence-electron chi connectivity index (χ1n) is 12.9. The summed E-state index contributed by atoms with van der Waals surface area (Å²) in [4.78, 5) is 36.0. The van der Waals surface area contributed by atoms with Gasteiger partial charge in [0.05, 0.1) is 17.5 Å². The van der Waals surface area contributed by atoms with Crippen LogP contribution in [-0.2, 0) is 11.2 Å². The summed E-state index contributed by atoms with van der Waals surface area (Å²) in [6, 6.07) is 15.2. The maximum Gasteiger partial charge on any atom is 0.255 e. The number of carbonyl (C=O) groups excluding carboxylic acids is 2. The Hall–Kier alpha value is -4.53. The quantitative estimate of drug-likeness (QED) is 0.377. The molecule has 1 aliphatic carbocycles. The summed E-state index contributed by atoms with van der Waals surface area (Å²) in [6.07, 6.45) is 5.58. The number of nitrogens with one attached hydrogen (secondary N) is 1. The molecular weight excluding hydrogens is 478 g/mol. The molecule has 1 saturated carbocycles. The van der Waals surface area contributed by atoms with Crippen LogP contribution in [0.15, 0.2) is 67.5 Å². The standard InChI is InChI=1S/C29H29N7O2/c1-3-17-6-5-7-21(12-17)33-29(38)20-10-8-19(9-11-20)26-25-27(30)31-16-32-28(25)36(34-26)23-14-18-13-22(23)35(15-18)24(37)4-2/h4-12,16,18,22-23H,2-3,13-15H2,1H3,(H,33,38)(H2,30,31,32). The molecule has 9 heteroatoms. The third kappa shape index (κ3) is 4.00. The number of fused-ring (bicyclic) bond motifs is 3. The average molecular weight is 508 g/mol. The van der Waals surface area contributed by atoms with E-state index in [1.54, 1.807) is 12.1 Å². The first-order chi connectivity index (χ1) is 18.5. The molecule has 38 heavy (non-hydrogen) atoms. The molecule has 3 heterocycles. The highest BCUT2D eigenvalue weighted by atomic mass is 16.2. The molecule has 2 aromatic heterocycles. The molecule has 2 aliphatic rings. The minimum absolute atomic E-state index is 0.00728. The summed E-state index contributed by atoms with van der Waals surface area (Å²) < 4.78 is 1.91. The van der Waals surface area contributed by atoms with E-state index in [2.05, 4.69) is 28.8 Å². The smallest absolute Gasteiger partial charge is 0.255 e. The number of aryl methyl sites for hydroxylation is 1. The van der Waals surface area contributed by atoms with Crippen LogP contribution in [0.3, 0.4) is 0 Å². The minimum Gasteiger partial charge on any atom is -0.383 e. The summed E-state index contributed by atoms with van der Waals surface area (Å²) in [6.45, 7) is 6.49. The third-order valence-corrected chi connectivity index (χ3v) is 7.75. The molecule has 9 nitrogen and oxygen atoms in total. The number of anilines is 2. The van der Waals surface area contributed by atoms with Gasteiger partial charge in [-0.1, -0.05) is 37.8 Å². The Morgan fingerprint density at radius 1 is 1.13 bits per heavy atom. The van der Waals surface area contributed by atoms with Gasteiger partial charge in [0.15, 0.2) is 5.65 Å². The van der Waals surface area contributed by atoms with Gasteiger partial charge in [0, 0.05) is 23.4 Å². The van der Waals surface area contributed by atoms with Gasteiger partial charge in [-0.2, -0.15) is 5.10 Å². The molecule has 192 valence electrons. The Bertz CT molecular complexity index is 1560. The molecule has 6 rings (SSSR count). The van der Waals surface area contributed by atoms with Gasteiger partial charge in [-0.15, -0.1) is 0 Å². The number of hydrogen-bond donors (Lipinski definition) is 2. The Morgan fingerprint density at radius 2 is 1.92 bits per heavy atom. The van der Waals surface area contributed by atoms with Crippen LogP contribution in [0.25, 0.3) is 22.3 Å². The van der Waals surface area contributed by atoms with Crippen LogP contribution >= 0.6 is 0 Å². The van der Waals surface area contributed by atoms with Crippen molar-refractivity contribution in [2.24, 2.45) is 5.92 Å². The van der Waals surface area contributed by atoms with Crippen molar-refractivity contribution in [2.45, 2.75) is 38.3 Å². The lowest BCUT2D eigenvalue weighted by molar-refractivity contribution is -0.128. The van der Waals surface area contributed by atoms with Gasteiger partial charge >= 0.3 is 0 Å². The van der Waals surface area contributed by atoms with E-state index >= 15 is 0 Å². The van der Waals surface area contributed by atoms with Crippen LogP contribution in [0.4, 0.5) is 11.5 Å². The highest BCUT2D eigenvalue weighted by Crippen LogP contribution is 2.46. The van der Waals surface area contributed by atoms with E-state index < -0.39 is 0 Å². The summed E-state index contributed by atoms with van der Waals surface area (Å²) in [7, 11) is 0. The average Bonchev–Trinajstić information content (AvgIpc) is 3.66. The first-order valence-corrected chi connectivity index (χ1v) is 12.9. The molecule has 2 fully saturated rings. The highest BCUT2D eigenvalue weighted by Gasteiger charge is 2.48. The zero-order valence-corrected chi connectivity index (χ0v) is 21.2. The number of hydrogen-bond acceptors (Lipinski definition) is 6. The lowest BCUT2D eigenvalue weighted by atomic mass is 10.1. The van der Waals surface area contributed by atoms with Gasteiger partial charge in [-0.3, -0.25) is 9.59 Å². The van der Waals surface area contributed by atoms with Crippen LogP contribution in [0.5, 0.6) is 0 Å². The van der Waals surface area contributed by atoms with E-state index in [9.17, 15) is 9.59 Å². The monoisotopic (exact) mass is 507 g/mol. The summed E-state index contributed by atoms with van der Waals surface area (Å²) in [5.41, 5.74) is 10.9. The topological polar surface area (TPSA) is 119 Å². The number of rotatable bonds is 6. The van der Waals surface area contributed by atoms with Gasteiger partial charge in [0.25, 0.3) is 5.91 Å². The number of aromatic nitrogens is 4. The van der Waals surface area contributed by atoms with Crippen LogP contribution in [0.1, 0.15) is 41.7 Å². The highest BCUT2D eigenvalue weighted by molar-refractivity contribution is 6.05. The maximum atomic E-state index is 12.9. The Morgan fingerprint density at radius 3 is 2.66 bits per heavy atom. The predicted octanol–water partition coefficient (Wildman–Crippen LogP) is 4.24.